The first-order valence-electron chi connectivity index (χ1n) is 5.98. The first kappa shape index (κ1) is 14.4. The van der Waals surface area contributed by atoms with Crippen LogP contribution < -0.4 is 5.32 Å². The van der Waals surface area contributed by atoms with Gasteiger partial charge in [-0.05, 0) is 18.2 Å². The third-order valence-corrected chi connectivity index (χ3v) is 3.64. The largest absolute Gasteiger partial charge is 0.433 e. The van der Waals surface area contributed by atoms with E-state index >= 15 is 0 Å². The number of halogens is 3. The van der Waals surface area contributed by atoms with Crippen LogP contribution in [0.4, 0.5) is 18.3 Å². The number of amides is 1. The van der Waals surface area contributed by atoms with Crippen LogP contribution in [0.15, 0.2) is 36.8 Å². The molecule has 0 saturated carbocycles. The minimum Gasteiger partial charge on any atom is -0.298 e. The second kappa shape index (κ2) is 5.34. The van der Waals surface area contributed by atoms with Gasteiger partial charge in [-0.2, -0.15) is 13.2 Å². The third-order valence-electron chi connectivity index (χ3n) is 2.71. The van der Waals surface area contributed by atoms with E-state index in [1.54, 1.807) is 12.1 Å². The van der Waals surface area contributed by atoms with E-state index in [1.165, 1.54) is 12.4 Å². The quantitative estimate of drug-likeness (QED) is 0.785. The number of carbonyl (C=O) groups excluding carboxylic acids is 1. The van der Waals surface area contributed by atoms with Crippen LogP contribution in [0.2, 0.25) is 0 Å². The summed E-state index contributed by atoms with van der Waals surface area (Å²) in [6.45, 7) is 0. The molecule has 0 saturated heterocycles. The van der Waals surface area contributed by atoms with Crippen LogP contribution in [0.25, 0.3) is 10.2 Å². The number of hydrogen-bond acceptors (Lipinski definition) is 5. The number of nitrogens with zero attached hydrogens (tertiary/aromatic N) is 3. The van der Waals surface area contributed by atoms with Gasteiger partial charge in [-0.3, -0.25) is 15.1 Å². The molecule has 0 bridgehead atoms. The Balaban J connectivity index is 1.88. The summed E-state index contributed by atoms with van der Waals surface area (Å²) in [5.74, 6) is -0.434. The fourth-order valence-electron chi connectivity index (χ4n) is 1.71. The smallest absolute Gasteiger partial charge is 0.298 e. The molecular formula is C13H7F3N4OS. The van der Waals surface area contributed by atoms with Gasteiger partial charge in [0.2, 0.25) is 0 Å². The molecule has 3 heterocycles. The maximum absolute atomic E-state index is 12.6. The van der Waals surface area contributed by atoms with Crippen molar-refractivity contribution in [3.63, 3.8) is 0 Å². The molecule has 0 aromatic carbocycles. The Kier molecular flexibility index (Phi) is 3.49. The summed E-state index contributed by atoms with van der Waals surface area (Å²) in [7, 11) is 0. The standard InChI is InChI=1S/C13H7F3N4OS/c14-13(15,16)10-4-9-8(6-18-10)19-12(22-9)20-11(21)7-2-1-3-17-5-7/h1-6H,(H,19,20,21). The summed E-state index contributed by atoms with van der Waals surface area (Å²) in [5, 5.41) is 2.72. The molecule has 0 fully saturated rings. The number of fused-ring (bicyclic) bond motifs is 1. The highest BCUT2D eigenvalue weighted by Gasteiger charge is 2.32. The second-order valence-electron chi connectivity index (χ2n) is 4.25. The number of pyridine rings is 2. The van der Waals surface area contributed by atoms with E-state index in [-0.39, 0.29) is 5.13 Å². The van der Waals surface area contributed by atoms with Gasteiger partial charge in [0.25, 0.3) is 5.91 Å². The number of thiazole rings is 1. The Morgan fingerprint density at radius 1 is 1.27 bits per heavy atom. The van der Waals surface area contributed by atoms with Gasteiger partial charge < -0.3 is 0 Å². The van der Waals surface area contributed by atoms with E-state index < -0.39 is 17.8 Å². The Bertz CT molecular complexity index is 832. The fraction of sp³-hybridized carbons (Fsp3) is 0.0769. The maximum atomic E-state index is 12.6. The Morgan fingerprint density at radius 3 is 2.77 bits per heavy atom. The molecular weight excluding hydrogens is 317 g/mol. The van der Waals surface area contributed by atoms with Crippen molar-refractivity contribution >= 4 is 32.6 Å². The van der Waals surface area contributed by atoms with Crippen LogP contribution in [0.5, 0.6) is 0 Å². The predicted molar refractivity (Wildman–Crippen MR) is 74.6 cm³/mol. The minimum absolute atomic E-state index is 0.199. The average molecular weight is 324 g/mol. The van der Waals surface area contributed by atoms with Crippen LogP contribution >= 0.6 is 11.3 Å². The van der Waals surface area contributed by atoms with Crippen molar-refractivity contribution in [2.45, 2.75) is 6.18 Å². The average Bonchev–Trinajstić information content (AvgIpc) is 2.88. The molecule has 3 aromatic rings. The highest BCUT2D eigenvalue weighted by Crippen LogP contribution is 2.32. The van der Waals surface area contributed by atoms with Crippen LogP contribution in [0.3, 0.4) is 0 Å². The molecule has 3 aromatic heterocycles. The molecule has 1 N–H and O–H groups in total. The van der Waals surface area contributed by atoms with Crippen molar-refractivity contribution in [2.75, 3.05) is 5.32 Å². The van der Waals surface area contributed by atoms with Gasteiger partial charge in [0.15, 0.2) is 5.13 Å². The summed E-state index contributed by atoms with van der Waals surface area (Å²) in [6.07, 6.45) is -0.573. The number of rotatable bonds is 2. The van der Waals surface area contributed by atoms with Crippen LogP contribution in [0.1, 0.15) is 16.1 Å². The zero-order chi connectivity index (χ0) is 15.7. The molecule has 1 amide bonds. The summed E-state index contributed by atoms with van der Waals surface area (Å²) in [4.78, 5) is 23.1. The van der Waals surface area contributed by atoms with Gasteiger partial charge in [0, 0.05) is 12.4 Å². The minimum atomic E-state index is -4.52. The van der Waals surface area contributed by atoms with E-state index in [1.807, 2.05) is 0 Å². The van der Waals surface area contributed by atoms with Gasteiger partial charge in [0.05, 0.1) is 16.5 Å². The fourth-order valence-corrected chi connectivity index (χ4v) is 2.58. The number of anilines is 1. The number of alkyl halides is 3. The lowest BCUT2D eigenvalue weighted by atomic mass is 10.3. The molecule has 9 heteroatoms. The highest BCUT2D eigenvalue weighted by molar-refractivity contribution is 7.22. The normalized spacial score (nSPS) is 11.6. The lowest BCUT2D eigenvalue weighted by Gasteiger charge is -2.03. The molecule has 0 aliphatic rings. The molecule has 22 heavy (non-hydrogen) atoms. The van der Waals surface area contributed by atoms with E-state index in [4.69, 9.17) is 0 Å². The Labute approximate surface area is 125 Å². The number of carbonyl (C=O) groups is 1. The molecule has 0 radical (unpaired) electrons. The van der Waals surface area contributed by atoms with Gasteiger partial charge in [0.1, 0.15) is 11.2 Å². The lowest BCUT2D eigenvalue weighted by molar-refractivity contribution is -0.141. The summed E-state index contributed by atoms with van der Waals surface area (Å²) < 4.78 is 38.1. The molecule has 5 nitrogen and oxygen atoms in total. The zero-order valence-electron chi connectivity index (χ0n) is 10.8. The topological polar surface area (TPSA) is 67.8 Å². The van der Waals surface area contributed by atoms with Crippen molar-refractivity contribution in [3.8, 4) is 0 Å². The molecule has 0 spiro atoms. The van der Waals surface area contributed by atoms with Gasteiger partial charge in [-0.25, -0.2) is 9.97 Å². The van der Waals surface area contributed by atoms with Crippen LogP contribution in [-0.2, 0) is 6.18 Å². The van der Waals surface area contributed by atoms with Gasteiger partial charge >= 0.3 is 6.18 Å². The van der Waals surface area contributed by atoms with E-state index in [9.17, 15) is 18.0 Å². The number of aromatic nitrogens is 3. The van der Waals surface area contributed by atoms with Crippen molar-refractivity contribution in [3.05, 3.63) is 48.0 Å². The lowest BCUT2D eigenvalue weighted by Crippen LogP contribution is -2.11. The van der Waals surface area contributed by atoms with E-state index in [0.717, 1.165) is 23.6 Å². The molecule has 0 atom stereocenters. The SMILES string of the molecule is O=C(Nc1nc2cnc(C(F)(F)F)cc2s1)c1cccnc1. The number of hydrogen-bond donors (Lipinski definition) is 1. The monoisotopic (exact) mass is 324 g/mol. The van der Waals surface area contributed by atoms with E-state index in [2.05, 4.69) is 20.3 Å². The molecule has 0 aliphatic carbocycles. The Hall–Kier alpha value is -2.55. The zero-order valence-corrected chi connectivity index (χ0v) is 11.6. The molecule has 3 rings (SSSR count). The maximum Gasteiger partial charge on any atom is 0.433 e. The second-order valence-corrected chi connectivity index (χ2v) is 5.28. The van der Waals surface area contributed by atoms with Crippen LogP contribution in [-0.4, -0.2) is 20.9 Å². The molecule has 0 aliphatic heterocycles. The van der Waals surface area contributed by atoms with Crippen molar-refractivity contribution in [1.82, 2.24) is 15.0 Å². The van der Waals surface area contributed by atoms with E-state index in [0.29, 0.717) is 15.8 Å². The summed E-state index contributed by atoms with van der Waals surface area (Å²) in [6, 6.07) is 4.08. The first-order chi connectivity index (χ1) is 10.4. The molecule has 0 unspecified atom stereocenters. The highest BCUT2D eigenvalue weighted by atomic mass is 32.1. The van der Waals surface area contributed by atoms with Crippen molar-refractivity contribution in [1.29, 1.82) is 0 Å². The first-order valence-corrected chi connectivity index (χ1v) is 6.80. The van der Waals surface area contributed by atoms with Gasteiger partial charge in [-0.15, -0.1) is 0 Å². The summed E-state index contributed by atoms with van der Waals surface area (Å²) in [5.41, 5.74) is -0.371. The number of nitrogens with one attached hydrogen (secondary N) is 1. The molecule has 112 valence electrons. The van der Waals surface area contributed by atoms with Crippen LogP contribution in [0, 0.1) is 0 Å². The van der Waals surface area contributed by atoms with Gasteiger partial charge in [-0.1, -0.05) is 11.3 Å². The Morgan fingerprint density at radius 2 is 2.09 bits per heavy atom. The van der Waals surface area contributed by atoms with Crippen molar-refractivity contribution < 1.29 is 18.0 Å². The third kappa shape index (κ3) is 2.89. The predicted octanol–water partition coefficient (Wildman–Crippen LogP) is 3.36. The van der Waals surface area contributed by atoms with Crippen molar-refractivity contribution in [2.24, 2.45) is 0 Å². The summed E-state index contributed by atoms with van der Waals surface area (Å²) >= 11 is 0.947.